The molecule has 4 heterocycles. The molecule has 8 nitrogen and oxygen atoms in total. The van der Waals surface area contributed by atoms with Gasteiger partial charge in [-0.3, -0.25) is 9.69 Å². The number of nitriles is 1. The van der Waals surface area contributed by atoms with E-state index in [1.54, 1.807) is 6.26 Å². The number of fused-ring (bicyclic) bond motifs is 1. The summed E-state index contributed by atoms with van der Waals surface area (Å²) in [6.45, 7) is 6.69. The van der Waals surface area contributed by atoms with Gasteiger partial charge >= 0.3 is 0 Å². The summed E-state index contributed by atoms with van der Waals surface area (Å²) in [6, 6.07) is 12.2. The molecule has 1 atom stereocenters. The summed E-state index contributed by atoms with van der Waals surface area (Å²) in [5.74, 6) is 2.70. The third-order valence-corrected chi connectivity index (χ3v) is 6.96. The maximum atomic E-state index is 13.2. The number of anilines is 1. The molecule has 1 amide bonds. The molecule has 35 heavy (non-hydrogen) atoms. The molecule has 2 aliphatic rings. The van der Waals surface area contributed by atoms with Crippen LogP contribution in [0.3, 0.4) is 0 Å². The molecule has 1 aromatic carbocycles. The molecular weight excluding hydrogens is 444 g/mol. The summed E-state index contributed by atoms with van der Waals surface area (Å²) in [6.07, 6.45) is 4.48. The number of furan rings is 1. The molecule has 1 fully saturated rings. The summed E-state index contributed by atoms with van der Waals surface area (Å²) in [5, 5.41) is 12.8. The summed E-state index contributed by atoms with van der Waals surface area (Å²) in [5.41, 5.74) is 3.41. The molecule has 8 heteroatoms. The third kappa shape index (κ3) is 4.64. The number of rotatable bonds is 6. The first-order valence-electron chi connectivity index (χ1n) is 12.1. The van der Waals surface area contributed by atoms with Crippen molar-refractivity contribution in [3.05, 3.63) is 64.7 Å². The smallest absolute Gasteiger partial charge is 0.239 e. The van der Waals surface area contributed by atoms with Gasteiger partial charge in [0.05, 0.1) is 38.1 Å². The van der Waals surface area contributed by atoms with E-state index in [0.29, 0.717) is 31.1 Å². The van der Waals surface area contributed by atoms with Crippen molar-refractivity contribution in [1.29, 1.82) is 5.26 Å². The Kier molecular flexibility index (Phi) is 6.51. The van der Waals surface area contributed by atoms with E-state index in [4.69, 9.17) is 13.9 Å². The molecule has 0 bridgehead atoms. The number of likely N-dealkylation sites (tertiary alicyclic amines) is 1. The molecule has 0 spiro atoms. The average molecular weight is 475 g/mol. The van der Waals surface area contributed by atoms with E-state index >= 15 is 0 Å². The van der Waals surface area contributed by atoms with Crippen LogP contribution in [0.4, 0.5) is 5.82 Å². The second-order valence-corrected chi connectivity index (χ2v) is 9.14. The molecule has 2 aromatic heterocycles. The lowest BCUT2D eigenvalue weighted by Gasteiger charge is -2.25. The van der Waals surface area contributed by atoms with Gasteiger partial charge in [0.2, 0.25) is 5.91 Å². The van der Waals surface area contributed by atoms with Crippen LogP contribution >= 0.6 is 0 Å². The average Bonchev–Trinajstić information content (AvgIpc) is 3.53. The first kappa shape index (κ1) is 23.1. The zero-order valence-electron chi connectivity index (χ0n) is 20.2. The molecule has 0 aliphatic carbocycles. The Balaban J connectivity index is 1.34. The van der Waals surface area contributed by atoms with Gasteiger partial charge in [0.1, 0.15) is 17.6 Å². The Morgan fingerprint density at radius 2 is 2.00 bits per heavy atom. The Hall–Kier alpha value is -3.70. The van der Waals surface area contributed by atoms with E-state index in [-0.39, 0.29) is 18.5 Å². The molecule has 1 saturated heterocycles. The van der Waals surface area contributed by atoms with E-state index in [9.17, 15) is 10.1 Å². The highest BCUT2D eigenvalue weighted by atomic mass is 16.5. The van der Waals surface area contributed by atoms with Gasteiger partial charge in [-0.05, 0) is 68.6 Å². The molecule has 3 aromatic rings. The van der Waals surface area contributed by atoms with Crippen molar-refractivity contribution in [1.82, 2.24) is 9.47 Å². The minimum Gasteiger partial charge on any atom is -0.490 e. The standard InChI is InChI=1S/C27H30N4O4/c1-18-19(2)31(16-21-6-4-11-33-21)27(22(18)15-28)29-26(32)17-30-10-3-7-23(30)20-8-9-24-25(14-20)35-13-5-12-34-24/h4,6,8-9,11,14,23H,3,5,7,10,12-13,16-17H2,1-2H3,(H,29,32)/t23-/m1/s1. The van der Waals surface area contributed by atoms with Crippen LogP contribution in [0.5, 0.6) is 11.5 Å². The molecule has 1 N–H and O–H groups in total. The van der Waals surface area contributed by atoms with Crippen LogP contribution in [-0.4, -0.2) is 41.7 Å². The molecule has 0 radical (unpaired) electrons. The normalized spacial score (nSPS) is 17.7. The second kappa shape index (κ2) is 9.88. The highest BCUT2D eigenvalue weighted by Gasteiger charge is 2.29. The van der Waals surface area contributed by atoms with E-state index in [1.165, 1.54) is 0 Å². The van der Waals surface area contributed by atoms with Crippen molar-refractivity contribution in [2.24, 2.45) is 0 Å². The first-order chi connectivity index (χ1) is 17.0. The number of benzene rings is 1. The van der Waals surface area contributed by atoms with Crippen LogP contribution in [0, 0.1) is 25.2 Å². The number of aromatic nitrogens is 1. The summed E-state index contributed by atoms with van der Waals surface area (Å²) >= 11 is 0. The number of amides is 1. The van der Waals surface area contributed by atoms with Crippen LogP contribution in [-0.2, 0) is 11.3 Å². The van der Waals surface area contributed by atoms with Crippen LogP contribution in [0.2, 0.25) is 0 Å². The van der Waals surface area contributed by atoms with Crippen molar-refractivity contribution in [2.75, 3.05) is 31.6 Å². The number of nitrogens with zero attached hydrogens (tertiary/aromatic N) is 3. The van der Waals surface area contributed by atoms with E-state index in [2.05, 4.69) is 28.4 Å². The Morgan fingerprint density at radius 1 is 1.17 bits per heavy atom. The van der Waals surface area contributed by atoms with Crippen LogP contribution in [0.15, 0.2) is 41.0 Å². The first-order valence-corrected chi connectivity index (χ1v) is 12.1. The summed E-state index contributed by atoms with van der Waals surface area (Å²) in [4.78, 5) is 15.4. The predicted octanol–water partition coefficient (Wildman–Crippen LogP) is 4.55. The van der Waals surface area contributed by atoms with Crippen molar-refractivity contribution < 1.29 is 18.7 Å². The maximum Gasteiger partial charge on any atom is 0.239 e. The van der Waals surface area contributed by atoms with Crippen LogP contribution in [0.1, 0.15) is 53.4 Å². The predicted molar refractivity (Wildman–Crippen MR) is 131 cm³/mol. The highest BCUT2D eigenvalue weighted by Crippen LogP contribution is 2.38. The topological polar surface area (TPSA) is 92.7 Å². The number of ether oxygens (including phenoxy) is 2. The molecular formula is C27H30N4O4. The fourth-order valence-electron chi connectivity index (χ4n) is 5.02. The van der Waals surface area contributed by atoms with Gasteiger partial charge in [0, 0.05) is 18.2 Å². The fraction of sp³-hybridized carbons (Fsp3) is 0.407. The lowest BCUT2D eigenvalue weighted by atomic mass is 10.0. The van der Waals surface area contributed by atoms with Gasteiger partial charge in [-0.1, -0.05) is 6.07 Å². The van der Waals surface area contributed by atoms with Crippen molar-refractivity contribution >= 4 is 11.7 Å². The molecule has 0 saturated carbocycles. The van der Waals surface area contributed by atoms with Gasteiger partial charge in [0.25, 0.3) is 0 Å². The molecule has 182 valence electrons. The minimum absolute atomic E-state index is 0.131. The van der Waals surface area contributed by atoms with Crippen LogP contribution in [0.25, 0.3) is 0 Å². The number of nitrogens with one attached hydrogen (secondary N) is 1. The zero-order valence-corrected chi connectivity index (χ0v) is 20.2. The van der Waals surface area contributed by atoms with E-state index in [1.807, 2.05) is 36.6 Å². The maximum absolute atomic E-state index is 13.2. The lowest BCUT2D eigenvalue weighted by Crippen LogP contribution is -2.33. The van der Waals surface area contributed by atoms with Crippen molar-refractivity contribution in [3.8, 4) is 17.6 Å². The minimum atomic E-state index is -0.138. The quantitative estimate of drug-likeness (QED) is 0.563. The van der Waals surface area contributed by atoms with Crippen molar-refractivity contribution in [2.45, 2.75) is 45.7 Å². The van der Waals surface area contributed by atoms with E-state index < -0.39 is 0 Å². The summed E-state index contributed by atoms with van der Waals surface area (Å²) in [7, 11) is 0. The SMILES string of the molecule is Cc1c(C#N)c(NC(=O)CN2CCC[C@@H]2c2ccc3c(c2)OCCCO3)n(Cc2ccco2)c1C. The van der Waals surface area contributed by atoms with Gasteiger partial charge in [-0.15, -0.1) is 0 Å². The van der Waals surface area contributed by atoms with Gasteiger partial charge in [0.15, 0.2) is 11.5 Å². The molecule has 2 aliphatic heterocycles. The van der Waals surface area contributed by atoms with Crippen molar-refractivity contribution in [3.63, 3.8) is 0 Å². The fourth-order valence-corrected chi connectivity index (χ4v) is 5.02. The number of hydrogen-bond donors (Lipinski definition) is 1. The third-order valence-electron chi connectivity index (χ3n) is 6.96. The Morgan fingerprint density at radius 3 is 2.77 bits per heavy atom. The second-order valence-electron chi connectivity index (χ2n) is 9.14. The number of hydrogen-bond acceptors (Lipinski definition) is 6. The van der Waals surface area contributed by atoms with Crippen LogP contribution < -0.4 is 14.8 Å². The monoisotopic (exact) mass is 474 g/mol. The number of carbonyl (C=O) groups excluding carboxylic acids is 1. The largest absolute Gasteiger partial charge is 0.490 e. The van der Waals surface area contributed by atoms with Gasteiger partial charge in [-0.2, -0.15) is 5.26 Å². The molecule has 5 rings (SSSR count). The summed E-state index contributed by atoms with van der Waals surface area (Å²) < 4.78 is 19.1. The Bertz CT molecular complexity index is 1260. The highest BCUT2D eigenvalue weighted by molar-refractivity contribution is 5.93. The number of carbonyl (C=O) groups is 1. The molecule has 0 unspecified atom stereocenters. The van der Waals surface area contributed by atoms with Gasteiger partial charge in [-0.25, -0.2) is 0 Å². The lowest BCUT2D eigenvalue weighted by molar-refractivity contribution is -0.117. The van der Waals surface area contributed by atoms with E-state index in [0.717, 1.165) is 59.9 Å². The Labute approximate surface area is 205 Å². The zero-order chi connectivity index (χ0) is 24.4. The van der Waals surface area contributed by atoms with Gasteiger partial charge < -0.3 is 23.8 Å².